The highest BCUT2D eigenvalue weighted by Crippen LogP contribution is 2.29. The largest absolute Gasteiger partial charge is 0.0807 e. The molecule has 1 atom stereocenters. The van der Waals surface area contributed by atoms with Crippen LogP contribution >= 0.6 is 0 Å². The average Bonchev–Trinajstić information content (AvgIpc) is 2.88. The molecule has 0 saturated heterocycles. The summed E-state index contributed by atoms with van der Waals surface area (Å²) in [4.78, 5) is 0. The van der Waals surface area contributed by atoms with Crippen LogP contribution in [0.15, 0.2) is 42.0 Å². The Balaban J connectivity index is 1.98. The molecule has 0 fully saturated rings. The van der Waals surface area contributed by atoms with Gasteiger partial charge in [-0.25, -0.2) is 0 Å². The molecular formula is C12H14. The zero-order valence-electron chi connectivity index (χ0n) is 7.46. The molecule has 0 aliphatic heterocycles. The summed E-state index contributed by atoms with van der Waals surface area (Å²) >= 11 is 0. The number of hydrogen-bond donors (Lipinski definition) is 0. The summed E-state index contributed by atoms with van der Waals surface area (Å²) in [5.74, 6) is 0.757. The third kappa shape index (κ3) is 1.76. The quantitative estimate of drug-likeness (QED) is 0.592. The van der Waals surface area contributed by atoms with Crippen molar-refractivity contribution >= 4 is 0 Å². The van der Waals surface area contributed by atoms with Gasteiger partial charge in [0.25, 0.3) is 0 Å². The number of hydrogen-bond acceptors (Lipinski definition) is 0. The van der Waals surface area contributed by atoms with E-state index < -0.39 is 0 Å². The molecule has 1 aromatic carbocycles. The Morgan fingerprint density at radius 3 is 2.50 bits per heavy atom. The molecule has 0 N–H and O–H groups in total. The molecule has 0 heterocycles. The molecule has 0 nitrogen and oxygen atoms in total. The average molecular weight is 158 g/mol. The fourth-order valence-corrected chi connectivity index (χ4v) is 1.56. The molecule has 1 aliphatic carbocycles. The van der Waals surface area contributed by atoms with E-state index in [0.29, 0.717) is 0 Å². The van der Waals surface area contributed by atoms with Crippen LogP contribution in [-0.4, -0.2) is 0 Å². The van der Waals surface area contributed by atoms with E-state index in [1.165, 1.54) is 18.4 Å². The molecular weight excluding hydrogens is 144 g/mol. The van der Waals surface area contributed by atoms with Crippen LogP contribution in [0.25, 0.3) is 0 Å². The number of allylic oxidation sites excluding steroid dienone is 2. The van der Waals surface area contributed by atoms with E-state index >= 15 is 0 Å². The van der Waals surface area contributed by atoms with E-state index in [9.17, 15) is 0 Å². The highest BCUT2D eigenvalue weighted by Gasteiger charge is 2.15. The van der Waals surface area contributed by atoms with Crippen molar-refractivity contribution in [2.75, 3.05) is 0 Å². The molecule has 0 heteroatoms. The SMILES string of the molecule is CC(Cc1ccccc1)C1=CC1. The fraction of sp³-hybridized carbons (Fsp3) is 0.333. The van der Waals surface area contributed by atoms with Crippen LogP contribution in [-0.2, 0) is 6.42 Å². The Bertz CT molecular complexity index is 282. The highest BCUT2D eigenvalue weighted by molar-refractivity contribution is 5.27. The Morgan fingerprint density at radius 1 is 1.25 bits per heavy atom. The van der Waals surface area contributed by atoms with E-state index in [0.717, 1.165) is 5.92 Å². The number of benzene rings is 1. The topological polar surface area (TPSA) is 0 Å². The minimum Gasteiger partial charge on any atom is -0.0807 e. The lowest BCUT2D eigenvalue weighted by Gasteiger charge is -2.06. The Hall–Kier alpha value is -1.04. The Kier molecular flexibility index (Phi) is 1.99. The van der Waals surface area contributed by atoms with Gasteiger partial charge in [0.15, 0.2) is 0 Å². The predicted molar refractivity (Wildman–Crippen MR) is 52.0 cm³/mol. The van der Waals surface area contributed by atoms with E-state index in [1.807, 2.05) is 0 Å². The summed E-state index contributed by atoms with van der Waals surface area (Å²) in [5, 5.41) is 0. The molecule has 0 spiro atoms. The van der Waals surface area contributed by atoms with Crippen molar-refractivity contribution < 1.29 is 0 Å². The van der Waals surface area contributed by atoms with E-state index in [-0.39, 0.29) is 0 Å². The van der Waals surface area contributed by atoms with Crippen molar-refractivity contribution in [1.82, 2.24) is 0 Å². The van der Waals surface area contributed by atoms with Gasteiger partial charge in [0.1, 0.15) is 0 Å². The van der Waals surface area contributed by atoms with Gasteiger partial charge < -0.3 is 0 Å². The lowest BCUT2D eigenvalue weighted by atomic mass is 9.99. The minimum atomic E-state index is 0.757. The zero-order valence-corrected chi connectivity index (χ0v) is 7.46. The van der Waals surface area contributed by atoms with Crippen molar-refractivity contribution in [2.45, 2.75) is 19.8 Å². The van der Waals surface area contributed by atoms with Gasteiger partial charge in [-0.3, -0.25) is 0 Å². The molecule has 0 bridgehead atoms. The number of rotatable bonds is 3. The van der Waals surface area contributed by atoms with Gasteiger partial charge in [0, 0.05) is 0 Å². The first-order valence-corrected chi connectivity index (χ1v) is 4.59. The summed E-state index contributed by atoms with van der Waals surface area (Å²) in [7, 11) is 0. The van der Waals surface area contributed by atoms with Crippen LogP contribution < -0.4 is 0 Å². The lowest BCUT2D eigenvalue weighted by Crippen LogP contribution is -1.96. The maximum Gasteiger partial charge on any atom is -0.0133 e. The molecule has 0 radical (unpaired) electrons. The maximum absolute atomic E-state index is 2.33. The van der Waals surface area contributed by atoms with Crippen LogP contribution in [0, 0.1) is 5.92 Å². The second kappa shape index (κ2) is 3.14. The van der Waals surface area contributed by atoms with E-state index in [2.05, 4.69) is 43.3 Å². The van der Waals surface area contributed by atoms with Gasteiger partial charge in [-0.05, 0) is 24.3 Å². The normalized spacial score (nSPS) is 16.9. The zero-order chi connectivity index (χ0) is 8.39. The summed E-state index contributed by atoms with van der Waals surface area (Å²) in [6, 6.07) is 10.7. The first-order valence-electron chi connectivity index (χ1n) is 4.59. The molecule has 2 rings (SSSR count). The Morgan fingerprint density at radius 2 is 1.92 bits per heavy atom. The molecule has 0 saturated carbocycles. The van der Waals surface area contributed by atoms with Crippen molar-refractivity contribution in [3.63, 3.8) is 0 Å². The molecule has 1 aliphatic rings. The first-order chi connectivity index (χ1) is 5.86. The van der Waals surface area contributed by atoms with E-state index in [1.54, 1.807) is 5.57 Å². The van der Waals surface area contributed by atoms with Crippen molar-refractivity contribution in [2.24, 2.45) is 5.92 Å². The highest BCUT2D eigenvalue weighted by atomic mass is 14.2. The van der Waals surface area contributed by atoms with Gasteiger partial charge in [-0.1, -0.05) is 48.9 Å². The van der Waals surface area contributed by atoms with Gasteiger partial charge in [0.05, 0.1) is 0 Å². The monoisotopic (exact) mass is 158 g/mol. The molecule has 62 valence electrons. The van der Waals surface area contributed by atoms with Crippen LogP contribution in [0.3, 0.4) is 0 Å². The summed E-state index contributed by atoms with van der Waals surface area (Å²) in [6.07, 6.45) is 4.79. The smallest absolute Gasteiger partial charge is 0.0133 e. The maximum atomic E-state index is 2.33. The third-order valence-corrected chi connectivity index (χ3v) is 2.46. The fourth-order valence-electron chi connectivity index (χ4n) is 1.56. The van der Waals surface area contributed by atoms with Gasteiger partial charge >= 0.3 is 0 Å². The summed E-state index contributed by atoms with van der Waals surface area (Å²) < 4.78 is 0. The second-order valence-corrected chi connectivity index (χ2v) is 3.57. The molecule has 1 aromatic rings. The lowest BCUT2D eigenvalue weighted by molar-refractivity contribution is 0.696. The van der Waals surface area contributed by atoms with E-state index in [4.69, 9.17) is 0 Å². The van der Waals surface area contributed by atoms with Crippen molar-refractivity contribution in [3.8, 4) is 0 Å². The minimum absolute atomic E-state index is 0.757. The summed E-state index contributed by atoms with van der Waals surface area (Å²) in [6.45, 7) is 2.31. The van der Waals surface area contributed by atoms with Crippen LogP contribution in [0.2, 0.25) is 0 Å². The van der Waals surface area contributed by atoms with Crippen molar-refractivity contribution in [1.29, 1.82) is 0 Å². The first kappa shape index (κ1) is 7.60. The predicted octanol–water partition coefficient (Wildman–Crippen LogP) is 3.20. The second-order valence-electron chi connectivity index (χ2n) is 3.57. The third-order valence-electron chi connectivity index (χ3n) is 2.46. The molecule has 12 heavy (non-hydrogen) atoms. The molecule has 1 unspecified atom stereocenters. The van der Waals surface area contributed by atoms with Gasteiger partial charge in [-0.2, -0.15) is 0 Å². The van der Waals surface area contributed by atoms with Crippen LogP contribution in [0.4, 0.5) is 0 Å². The van der Waals surface area contributed by atoms with Crippen LogP contribution in [0.5, 0.6) is 0 Å². The van der Waals surface area contributed by atoms with Gasteiger partial charge in [0.2, 0.25) is 0 Å². The molecule has 0 aromatic heterocycles. The summed E-state index contributed by atoms with van der Waals surface area (Å²) in [5.41, 5.74) is 3.09. The van der Waals surface area contributed by atoms with Crippen molar-refractivity contribution in [3.05, 3.63) is 47.5 Å². The van der Waals surface area contributed by atoms with Crippen LogP contribution in [0.1, 0.15) is 18.9 Å². The standard InChI is InChI=1S/C12H14/c1-10(12-7-8-12)9-11-5-3-2-4-6-11/h2-7,10H,8-9H2,1H3. The van der Waals surface area contributed by atoms with Gasteiger partial charge in [-0.15, -0.1) is 0 Å². The Labute approximate surface area is 73.9 Å². The molecule has 0 amide bonds.